The van der Waals surface area contributed by atoms with Gasteiger partial charge in [0.15, 0.2) is 0 Å². The first-order valence-corrected chi connectivity index (χ1v) is 5.36. The van der Waals surface area contributed by atoms with Gasteiger partial charge < -0.3 is 0 Å². The molecule has 0 spiro atoms. The van der Waals surface area contributed by atoms with Crippen LogP contribution in [-0.2, 0) is 11.2 Å². The van der Waals surface area contributed by atoms with Crippen LogP contribution in [0.1, 0.15) is 5.56 Å². The van der Waals surface area contributed by atoms with Crippen LogP contribution in [0.4, 0.5) is 0 Å². The fourth-order valence-electron chi connectivity index (χ4n) is 1.52. The lowest BCUT2D eigenvalue weighted by molar-refractivity contribution is -0.104. The van der Waals surface area contributed by atoms with Crippen LogP contribution < -0.4 is 0 Å². The largest absolute Gasteiger partial charge is 0.299 e. The maximum Gasteiger partial charge on any atom is 0.142 e. The first kappa shape index (κ1) is 11.2. The van der Waals surface area contributed by atoms with Crippen LogP contribution in [0.5, 0.6) is 0 Å². The Kier molecular flexibility index (Phi) is 3.76. The normalized spacial score (nSPS) is 10.6. The first-order valence-electron chi connectivity index (χ1n) is 5.36. The molecule has 0 N–H and O–H groups in total. The van der Waals surface area contributed by atoms with E-state index in [4.69, 9.17) is 0 Å². The van der Waals surface area contributed by atoms with Crippen molar-refractivity contribution in [2.45, 2.75) is 6.42 Å². The van der Waals surface area contributed by atoms with Crippen LogP contribution >= 0.6 is 0 Å². The third-order valence-corrected chi connectivity index (χ3v) is 2.38. The van der Waals surface area contributed by atoms with Gasteiger partial charge in [0.2, 0.25) is 0 Å². The van der Waals surface area contributed by atoms with Crippen LogP contribution in [0, 0.1) is 0 Å². The Morgan fingerprint density at radius 2 is 1.94 bits per heavy atom. The van der Waals surface area contributed by atoms with Gasteiger partial charge in [0.1, 0.15) is 6.29 Å². The summed E-state index contributed by atoms with van der Waals surface area (Å²) in [6.45, 7) is 0. The Labute approximate surface area is 99.9 Å². The Morgan fingerprint density at radius 3 is 2.59 bits per heavy atom. The summed E-state index contributed by atoms with van der Waals surface area (Å²) in [6, 6.07) is 8.07. The molecule has 1 heterocycles. The molecule has 0 aliphatic carbocycles. The number of benzene rings is 1. The van der Waals surface area contributed by atoms with Gasteiger partial charge in [0, 0.05) is 18.0 Å². The summed E-state index contributed by atoms with van der Waals surface area (Å²) in [4.78, 5) is 18.4. The average Bonchev–Trinajstić information content (AvgIpc) is 2.41. The summed E-state index contributed by atoms with van der Waals surface area (Å²) in [6.07, 6.45) is 9.97. The first-order chi connectivity index (χ1) is 8.40. The highest BCUT2D eigenvalue weighted by Crippen LogP contribution is 2.16. The molecule has 1 aromatic heterocycles. The third-order valence-electron chi connectivity index (χ3n) is 2.38. The Hall–Kier alpha value is -2.29. The summed E-state index contributed by atoms with van der Waals surface area (Å²) in [5.74, 6) is 0. The predicted molar refractivity (Wildman–Crippen MR) is 66.4 cm³/mol. The maximum atomic E-state index is 10.1. The van der Waals surface area contributed by atoms with Crippen molar-refractivity contribution in [1.29, 1.82) is 0 Å². The highest BCUT2D eigenvalue weighted by Gasteiger charge is 1.98. The van der Waals surface area contributed by atoms with Crippen molar-refractivity contribution in [3.63, 3.8) is 0 Å². The number of aldehydes is 1. The van der Waals surface area contributed by atoms with E-state index in [0.717, 1.165) is 29.5 Å². The van der Waals surface area contributed by atoms with Crippen LogP contribution in [0.15, 0.2) is 55.0 Å². The van der Waals surface area contributed by atoms with E-state index in [-0.39, 0.29) is 0 Å². The van der Waals surface area contributed by atoms with Crippen molar-refractivity contribution in [2.75, 3.05) is 0 Å². The Morgan fingerprint density at radius 1 is 1.12 bits per heavy atom. The minimum Gasteiger partial charge on any atom is -0.299 e. The molecular weight excluding hydrogens is 212 g/mol. The van der Waals surface area contributed by atoms with Gasteiger partial charge in [-0.15, -0.1) is 0 Å². The third kappa shape index (κ3) is 3.08. The number of hydrogen-bond donors (Lipinski definition) is 0. The zero-order valence-electron chi connectivity index (χ0n) is 9.28. The van der Waals surface area contributed by atoms with E-state index in [9.17, 15) is 4.79 Å². The Balaban J connectivity index is 2.13. The second kappa shape index (κ2) is 5.70. The van der Waals surface area contributed by atoms with E-state index < -0.39 is 0 Å². The SMILES string of the molecule is O=CC=CCc1ccc(-c2cnccn2)cc1. The second-order valence-corrected chi connectivity index (χ2v) is 3.56. The smallest absolute Gasteiger partial charge is 0.142 e. The van der Waals surface area contributed by atoms with E-state index in [1.54, 1.807) is 18.6 Å². The molecule has 0 fully saturated rings. The van der Waals surface area contributed by atoms with Gasteiger partial charge in [-0.1, -0.05) is 30.3 Å². The van der Waals surface area contributed by atoms with Crippen molar-refractivity contribution in [3.8, 4) is 11.3 Å². The van der Waals surface area contributed by atoms with E-state index in [1.807, 2.05) is 30.3 Å². The van der Waals surface area contributed by atoms with Gasteiger partial charge in [0.25, 0.3) is 0 Å². The molecule has 0 saturated carbocycles. The fourth-order valence-corrected chi connectivity index (χ4v) is 1.52. The highest BCUT2D eigenvalue weighted by atomic mass is 16.1. The van der Waals surface area contributed by atoms with Gasteiger partial charge >= 0.3 is 0 Å². The molecule has 1 aromatic carbocycles. The molecule has 0 radical (unpaired) electrons. The number of aromatic nitrogens is 2. The molecule has 17 heavy (non-hydrogen) atoms. The average molecular weight is 224 g/mol. The molecule has 0 amide bonds. The van der Waals surface area contributed by atoms with E-state index in [0.29, 0.717) is 0 Å². The lowest BCUT2D eigenvalue weighted by Crippen LogP contribution is -1.86. The molecule has 0 aliphatic rings. The van der Waals surface area contributed by atoms with Gasteiger partial charge in [-0.3, -0.25) is 14.8 Å². The molecule has 3 nitrogen and oxygen atoms in total. The number of carbonyl (C=O) groups excluding carboxylic acids is 1. The maximum absolute atomic E-state index is 10.1. The van der Waals surface area contributed by atoms with Crippen LogP contribution in [0.2, 0.25) is 0 Å². The van der Waals surface area contributed by atoms with Crippen molar-refractivity contribution >= 4 is 6.29 Å². The molecule has 2 rings (SSSR count). The van der Waals surface area contributed by atoms with Crippen molar-refractivity contribution in [1.82, 2.24) is 9.97 Å². The van der Waals surface area contributed by atoms with E-state index >= 15 is 0 Å². The minimum absolute atomic E-state index is 0.763. The van der Waals surface area contributed by atoms with Gasteiger partial charge in [-0.05, 0) is 18.1 Å². The van der Waals surface area contributed by atoms with Gasteiger partial charge in [-0.25, -0.2) is 0 Å². The van der Waals surface area contributed by atoms with Crippen molar-refractivity contribution < 1.29 is 4.79 Å². The topological polar surface area (TPSA) is 42.9 Å². The monoisotopic (exact) mass is 224 g/mol. The molecule has 0 atom stereocenters. The molecule has 0 aliphatic heterocycles. The summed E-state index contributed by atoms with van der Waals surface area (Å²) in [5, 5.41) is 0. The summed E-state index contributed by atoms with van der Waals surface area (Å²) in [7, 11) is 0. The summed E-state index contributed by atoms with van der Waals surface area (Å²) < 4.78 is 0. The van der Waals surface area contributed by atoms with Crippen LogP contribution in [0.25, 0.3) is 11.3 Å². The van der Waals surface area contributed by atoms with Crippen molar-refractivity contribution in [2.24, 2.45) is 0 Å². The quantitative estimate of drug-likeness (QED) is 0.591. The number of nitrogens with zero attached hydrogens (tertiary/aromatic N) is 2. The standard InChI is InChI=1S/C14H12N2O/c17-10-2-1-3-12-4-6-13(7-5-12)14-11-15-8-9-16-14/h1-2,4-11H,3H2. The molecule has 0 saturated heterocycles. The number of rotatable bonds is 4. The van der Waals surface area contributed by atoms with E-state index in [1.165, 1.54) is 6.08 Å². The zero-order chi connectivity index (χ0) is 11.9. The molecular formula is C14H12N2O. The van der Waals surface area contributed by atoms with Crippen molar-refractivity contribution in [3.05, 3.63) is 60.6 Å². The second-order valence-electron chi connectivity index (χ2n) is 3.56. The zero-order valence-corrected chi connectivity index (χ0v) is 9.28. The van der Waals surface area contributed by atoms with Crippen LogP contribution in [-0.4, -0.2) is 16.3 Å². The number of allylic oxidation sites excluding steroid dienone is 2. The minimum atomic E-state index is 0.763. The summed E-state index contributed by atoms with van der Waals surface area (Å²) in [5.41, 5.74) is 3.07. The van der Waals surface area contributed by atoms with E-state index in [2.05, 4.69) is 9.97 Å². The molecule has 84 valence electrons. The molecule has 0 unspecified atom stereocenters. The van der Waals surface area contributed by atoms with Gasteiger partial charge in [0.05, 0.1) is 11.9 Å². The number of carbonyl (C=O) groups is 1. The highest BCUT2D eigenvalue weighted by molar-refractivity contribution is 5.64. The lowest BCUT2D eigenvalue weighted by atomic mass is 10.1. The fraction of sp³-hybridized carbons (Fsp3) is 0.0714. The predicted octanol–water partition coefficient (Wildman–Crippen LogP) is 2.44. The van der Waals surface area contributed by atoms with Crippen LogP contribution in [0.3, 0.4) is 0 Å². The molecule has 3 heteroatoms. The molecule has 0 bridgehead atoms. The molecule has 2 aromatic rings. The number of hydrogen-bond acceptors (Lipinski definition) is 3. The van der Waals surface area contributed by atoms with Gasteiger partial charge in [-0.2, -0.15) is 0 Å². The summed E-state index contributed by atoms with van der Waals surface area (Å²) >= 11 is 0. The Bertz CT molecular complexity index is 504. The lowest BCUT2D eigenvalue weighted by Gasteiger charge is -2.01.